The van der Waals surface area contributed by atoms with Crippen LogP contribution in [0, 0.1) is 18.8 Å². The van der Waals surface area contributed by atoms with E-state index in [0.717, 1.165) is 5.56 Å². The second-order valence-corrected chi connectivity index (χ2v) is 5.97. The molecule has 6 nitrogen and oxygen atoms in total. The van der Waals surface area contributed by atoms with E-state index in [0.29, 0.717) is 15.7 Å². The van der Waals surface area contributed by atoms with Gasteiger partial charge in [0.05, 0.1) is 12.3 Å². The predicted octanol–water partition coefficient (Wildman–Crippen LogP) is 2.95. The highest BCUT2D eigenvalue weighted by molar-refractivity contribution is 7.16. The average molecular weight is 384 g/mol. The molecule has 0 unspecified atom stereocenters. The van der Waals surface area contributed by atoms with Gasteiger partial charge < -0.3 is 10.1 Å². The highest BCUT2D eigenvalue weighted by Gasteiger charge is 2.27. The Morgan fingerprint density at radius 3 is 2.73 bits per heavy atom. The van der Waals surface area contributed by atoms with E-state index in [-0.39, 0.29) is 13.2 Å². The van der Waals surface area contributed by atoms with Crippen molar-refractivity contribution in [1.82, 2.24) is 15.3 Å². The Morgan fingerprint density at radius 2 is 2.04 bits per heavy atom. The summed E-state index contributed by atoms with van der Waals surface area (Å²) in [6.07, 6.45) is -1.10. The molecule has 0 atom stereocenters. The van der Waals surface area contributed by atoms with E-state index < -0.39 is 18.8 Å². The van der Waals surface area contributed by atoms with Crippen LogP contribution in [0.25, 0.3) is 0 Å². The first-order valence-corrected chi connectivity index (χ1v) is 8.24. The minimum absolute atomic E-state index is 0.0546. The van der Waals surface area contributed by atoms with Crippen molar-refractivity contribution < 1.29 is 22.7 Å². The molecule has 2 amide bonds. The van der Waals surface area contributed by atoms with Crippen LogP contribution >= 0.6 is 11.3 Å². The third kappa shape index (κ3) is 7.08. The summed E-state index contributed by atoms with van der Waals surface area (Å²) in [5.74, 6) is 5.95. The molecule has 0 saturated carbocycles. The van der Waals surface area contributed by atoms with Crippen LogP contribution in [0.4, 0.5) is 23.1 Å². The van der Waals surface area contributed by atoms with Crippen LogP contribution in [0.2, 0.25) is 0 Å². The maximum absolute atomic E-state index is 11.9. The number of thiazole rings is 1. The summed E-state index contributed by atoms with van der Waals surface area (Å²) in [4.78, 5) is 20.5. The molecule has 0 aliphatic heterocycles. The molecule has 2 N–H and O–H groups in total. The maximum Gasteiger partial charge on any atom is 0.411 e. The number of pyridine rings is 1. The van der Waals surface area contributed by atoms with Crippen molar-refractivity contribution in [3.05, 3.63) is 40.7 Å². The lowest BCUT2D eigenvalue weighted by molar-refractivity contribution is -0.173. The summed E-state index contributed by atoms with van der Waals surface area (Å²) in [7, 11) is 0. The van der Waals surface area contributed by atoms with Gasteiger partial charge in [0.25, 0.3) is 0 Å². The minimum atomic E-state index is -4.38. The number of aromatic nitrogens is 2. The molecule has 0 aliphatic carbocycles. The molecule has 0 aliphatic rings. The highest BCUT2D eigenvalue weighted by atomic mass is 32.1. The molecule has 138 valence electrons. The number of halogens is 3. The number of carbonyl (C=O) groups is 1. The van der Waals surface area contributed by atoms with Crippen LogP contribution in [-0.2, 0) is 4.74 Å². The summed E-state index contributed by atoms with van der Waals surface area (Å²) in [5, 5.41) is 5.24. The Bertz CT molecular complexity index is 797. The normalized spacial score (nSPS) is 10.8. The van der Waals surface area contributed by atoms with Crippen molar-refractivity contribution in [2.24, 2.45) is 0 Å². The van der Waals surface area contributed by atoms with Crippen LogP contribution < -0.4 is 10.6 Å². The van der Waals surface area contributed by atoms with E-state index in [1.54, 1.807) is 31.5 Å². The molecule has 0 saturated heterocycles. The zero-order valence-corrected chi connectivity index (χ0v) is 14.5. The number of urea groups is 1. The van der Waals surface area contributed by atoms with E-state index >= 15 is 0 Å². The molecule has 10 heteroatoms. The van der Waals surface area contributed by atoms with Gasteiger partial charge in [0.15, 0.2) is 5.13 Å². The fourth-order valence-corrected chi connectivity index (χ4v) is 2.51. The lowest BCUT2D eigenvalue weighted by Crippen LogP contribution is -2.32. The van der Waals surface area contributed by atoms with Gasteiger partial charge >= 0.3 is 12.2 Å². The van der Waals surface area contributed by atoms with Crippen LogP contribution in [0.1, 0.15) is 16.1 Å². The molecular formula is C16H15F3N4O2S. The molecule has 0 fully saturated rings. The van der Waals surface area contributed by atoms with E-state index in [1.807, 2.05) is 0 Å². The number of ether oxygens (including phenoxy) is 1. The van der Waals surface area contributed by atoms with Crippen molar-refractivity contribution in [2.45, 2.75) is 13.1 Å². The number of hydrogen-bond acceptors (Lipinski definition) is 5. The third-order valence-electron chi connectivity index (χ3n) is 2.82. The summed E-state index contributed by atoms with van der Waals surface area (Å²) in [5.41, 5.74) is 1.47. The van der Waals surface area contributed by atoms with Crippen molar-refractivity contribution in [2.75, 3.05) is 25.1 Å². The summed E-state index contributed by atoms with van der Waals surface area (Å²) in [6, 6.07) is 2.97. The van der Waals surface area contributed by atoms with Crippen LogP contribution in [0.3, 0.4) is 0 Å². The van der Waals surface area contributed by atoms with Gasteiger partial charge in [-0.1, -0.05) is 17.3 Å². The monoisotopic (exact) mass is 384 g/mol. The number of rotatable bonds is 5. The molecule has 26 heavy (non-hydrogen) atoms. The summed E-state index contributed by atoms with van der Waals surface area (Å²) >= 11 is 1.20. The van der Waals surface area contributed by atoms with Crippen molar-refractivity contribution in [3.8, 4) is 11.8 Å². The Balaban J connectivity index is 1.81. The first-order valence-electron chi connectivity index (χ1n) is 7.42. The van der Waals surface area contributed by atoms with Crippen molar-refractivity contribution in [1.29, 1.82) is 0 Å². The Hall–Kier alpha value is -2.64. The summed E-state index contributed by atoms with van der Waals surface area (Å²) in [6.45, 7) is 0.121. The number of aryl methyl sites for hydroxylation is 1. The molecule has 0 spiro atoms. The molecule has 0 aromatic carbocycles. The van der Waals surface area contributed by atoms with Gasteiger partial charge in [-0.3, -0.25) is 10.3 Å². The lowest BCUT2D eigenvalue weighted by atomic mass is 10.2. The third-order valence-corrected chi connectivity index (χ3v) is 3.80. The second-order valence-electron chi connectivity index (χ2n) is 4.97. The largest absolute Gasteiger partial charge is 0.411 e. The van der Waals surface area contributed by atoms with Gasteiger partial charge in [-0.25, -0.2) is 9.78 Å². The van der Waals surface area contributed by atoms with Gasteiger partial charge in [0, 0.05) is 24.5 Å². The van der Waals surface area contributed by atoms with Gasteiger partial charge in [-0.15, -0.1) is 0 Å². The molecule has 2 aromatic rings. The van der Waals surface area contributed by atoms with Gasteiger partial charge in [0.1, 0.15) is 11.5 Å². The predicted molar refractivity (Wildman–Crippen MR) is 91.0 cm³/mol. The smallest absolute Gasteiger partial charge is 0.370 e. The SMILES string of the molecule is Cc1nc(NC(=O)NCCOCC(F)(F)F)sc1C#Cc1ccncc1. The number of carbonyl (C=O) groups excluding carboxylic acids is 1. The van der Waals surface area contributed by atoms with Crippen molar-refractivity contribution in [3.63, 3.8) is 0 Å². The first kappa shape index (κ1) is 19.7. The number of hydrogen-bond donors (Lipinski definition) is 2. The zero-order chi connectivity index (χ0) is 19.0. The molecule has 0 bridgehead atoms. The average Bonchev–Trinajstić information content (AvgIpc) is 2.92. The van der Waals surface area contributed by atoms with Crippen LogP contribution in [0.15, 0.2) is 24.5 Å². The van der Waals surface area contributed by atoms with E-state index in [1.165, 1.54) is 11.3 Å². The molecule has 2 aromatic heterocycles. The Kier molecular flexibility index (Phi) is 6.94. The topological polar surface area (TPSA) is 76.1 Å². The molecule has 2 heterocycles. The summed E-state index contributed by atoms with van der Waals surface area (Å²) < 4.78 is 40.1. The number of alkyl halides is 3. The lowest BCUT2D eigenvalue weighted by Gasteiger charge is -2.08. The number of nitrogens with one attached hydrogen (secondary N) is 2. The van der Waals surface area contributed by atoms with Crippen molar-refractivity contribution >= 4 is 22.5 Å². The number of anilines is 1. The van der Waals surface area contributed by atoms with Crippen LogP contribution in [0.5, 0.6) is 0 Å². The van der Waals surface area contributed by atoms with E-state index in [4.69, 9.17) is 0 Å². The second kappa shape index (κ2) is 9.17. The fraction of sp³-hybridized carbons (Fsp3) is 0.312. The standard InChI is InChI=1S/C16H15F3N4O2S/c1-11-13(3-2-12-4-6-20-7-5-12)26-15(22-11)23-14(24)21-8-9-25-10-16(17,18)19/h4-7H,8-10H2,1H3,(H2,21,22,23,24). The van der Waals surface area contributed by atoms with Crippen LogP contribution in [-0.4, -0.2) is 41.9 Å². The number of nitrogens with zero attached hydrogens (tertiary/aromatic N) is 2. The minimum Gasteiger partial charge on any atom is -0.370 e. The molecule has 2 rings (SSSR count). The van der Waals surface area contributed by atoms with E-state index in [9.17, 15) is 18.0 Å². The Morgan fingerprint density at radius 1 is 1.31 bits per heavy atom. The van der Waals surface area contributed by atoms with E-state index in [2.05, 4.69) is 37.2 Å². The number of amides is 2. The molecule has 0 radical (unpaired) electrons. The first-order chi connectivity index (χ1) is 12.3. The highest BCUT2D eigenvalue weighted by Crippen LogP contribution is 2.21. The maximum atomic E-state index is 11.9. The quantitative estimate of drug-likeness (QED) is 0.614. The molecular weight excluding hydrogens is 369 g/mol. The zero-order valence-electron chi connectivity index (χ0n) is 13.7. The Labute approximate surface area is 151 Å². The van der Waals surface area contributed by atoms with Gasteiger partial charge in [-0.05, 0) is 25.0 Å². The van der Waals surface area contributed by atoms with Gasteiger partial charge in [-0.2, -0.15) is 13.2 Å². The fourth-order valence-electron chi connectivity index (χ4n) is 1.70. The van der Waals surface area contributed by atoms with Gasteiger partial charge in [0.2, 0.25) is 0 Å².